The summed E-state index contributed by atoms with van der Waals surface area (Å²) in [6.45, 7) is 2.70. The van der Waals surface area contributed by atoms with Crippen LogP contribution in [0.4, 0.5) is 0 Å². The van der Waals surface area contributed by atoms with Gasteiger partial charge in [-0.25, -0.2) is 8.42 Å². The zero-order valence-corrected chi connectivity index (χ0v) is 21.5. The van der Waals surface area contributed by atoms with Crippen molar-refractivity contribution < 1.29 is 22.7 Å². The highest BCUT2D eigenvalue weighted by Gasteiger charge is 2.32. The molecule has 0 atom stereocenters. The number of thiazole rings is 1. The minimum Gasteiger partial charge on any atom is -0.493 e. The summed E-state index contributed by atoms with van der Waals surface area (Å²) in [4.78, 5) is 18.2. The number of carbonyl (C=O) groups is 1. The van der Waals surface area contributed by atoms with Crippen LogP contribution in [0.25, 0.3) is 10.2 Å². The number of methoxy groups -OCH3 is 2. The van der Waals surface area contributed by atoms with E-state index in [1.54, 1.807) is 43.1 Å². The van der Waals surface area contributed by atoms with E-state index < -0.39 is 10.0 Å². The number of nitrogens with zero attached hydrogens (tertiary/aromatic N) is 3. The number of hydrogen-bond acceptors (Lipinski definition) is 6. The van der Waals surface area contributed by atoms with Crippen molar-refractivity contribution in [3.8, 4) is 23.8 Å². The Balaban J connectivity index is 1.57. The van der Waals surface area contributed by atoms with E-state index in [4.69, 9.17) is 15.9 Å². The molecule has 1 saturated heterocycles. The van der Waals surface area contributed by atoms with E-state index in [0.717, 1.165) is 15.8 Å². The van der Waals surface area contributed by atoms with Gasteiger partial charge in [-0.15, -0.1) is 6.42 Å². The van der Waals surface area contributed by atoms with E-state index >= 15 is 0 Å². The van der Waals surface area contributed by atoms with Crippen LogP contribution < -0.4 is 14.3 Å². The van der Waals surface area contributed by atoms with Crippen LogP contribution in [-0.4, -0.2) is 50.5 Å². The van der Waals surface area contributed by atoms with Crippen molar-refractivity contribution in [3.05, 3.63) is 46.8 Å². The highest BCUT2D eigenvalue weighted by atomic mass is 32.2. The minimum absolute atomic E-state index is 0.245. The van der Waals surface area contributed by atoms with Crippen LogP contribution in [0, 0.1) is 25.2 Å². The lowest BCUT2D eigenvalue weighted by atomic mass is 9.98. The van der Waals surface area contributed by atoms with Gasteiger partial charge in [0.2, 0.25) is 10.0 Å². The second kappa shape index (κ2) is 10.2. The number of aryl methyl sites for hydroxylation is 1. The lowest BCUT2D eigenvalue weighted by molar-refractivity contribution is -0.122. The SMILES string of the molecule is C#CCn1c(=NC(=O)C2CCN(S(=O)(=O)c3ccc(C)cc3)CC2)sc2cc(OC)c(OC)cc21. The molecule has 0 N–H and O–H groups in total. The molecule has 10 heteroatoms. The van der Waals surface area contributed by atoms with Gasteiger partial charge < -0.3 is 14.0 Å². The molecule has 8 nitrogen and oxygen atoms in total. The summed E-state index contributed by atoms with van der Waals surface area (Å²) in [5.74, 6) is 3.13. The Labute approximate surface area is 208 Å². The fourth-order valence-electron chi connectivity index (χ4n) is 4.11. The molecular weight excluding hydrogens is 486 g/mol. The number of hydrogen-bond donors (Lipinski definition) is 0. The summed E-state index contributed by atoms with van der Waals surface area (Å²) < 4.78 is 40.8. The molecule has 1 aliphatic rings. The van der Waals surface area contributed by atoms with Gasteiger partial charge in [-0.3, -0.25) is 4.79 Å². The second-order valence-electron chi connectivity index (χ2n) is 8.29. The van der Waals surface area contributed by atoms with Gasteiger partial charge in [0.15, 0.2) is 16.3 Å². The summed E-state index contributed by atoms with van der Waals surface area (Å²) in [6.07, 6.45) is 6.40. The first kappa shape index (κ1) is 25.0. The maximum atomic E-state index is 13.1. The summed E-state index contributed by atoms with van der Waals surface area (Å²) in [5.41, 5.74) is 1.80. The van der Waals surface area contributed by atoms with Crippen molar-refractivity contribution in [3.63, 3.8) is 0 Å². The fourth-order valence-corrected chi connectivity index (χ4v) is 6.63. The zero-order chi connectivity index (χ0) is 25.2. The summed E-state index contributed by atoms with van der Waals surface area (Å²) in [5, 5.41) is 0. The van der Waals surface area contributed by atoms with E-state index in [0.29, 0.717) is 29.1 Å². The molecule has 0 aliphatic carbocycles. The molecule has 0 saturated carbocycles. The van der Waals surface area contributed by atoms with Crippen molar-refractivity contribution in [1.29, 1.82) is 0 Å². The van der Waals surface area contributed by atoms with E-state index in [1.165, 1.54) is 15.6 Å². The molecule has 35 heavy (non-hydrogen) atoms. The predicted octanol–water partition coefficient (Wildman–Crippen LogP) is 3.19. The topological polar surface area (TPSA) is 90.2 Å². The Morgan fingerprint density at radius 1 is 1.14 bits per heavy atom. The lowest BCUT2D eigenvalue weighted by Crippen LogP contribution is -2.40. The first-order valence-corrected chi connectivity index (χ1v) is 13.4. The predicted molar refractivity (Wildman–Crippen MR) is 135 cm³/mol. The quantitative estimate of drug-likeness (QED) is 0.472. The van der Waals surface area contributed by atoms with Gasteiger partial charge in [0.05, 0.1) is 35.9 Å². The van der Waals surface area contributed by atoms with Crippen LogP contribution in [0.15, 0.2) is 46.3 Å². The molecule has 1 aliphatic heterocycles. The monoisotopic (exact) mass is 513 g/mol. The molecule has 2 heterocycles. The zero-order valence-electron chi connectivity index (χ0n) is 19.9. The summed E-state index contributed by atoms with van der Waals surface area (Å²) in [6, 6.07) is 10.5. The first-order valence-electron chi connectivity index (χ1n) is 11.1. The van der Waals surface area contributed by atoms with Crippen LogP contribution in [0.2, 0.25) is 0 Å². The average Bonchev–Trinajstić information content (AvgIpc) is 3.19. The number of amides is 1. The van der Waals surface area contributed by atoms with Gasteiger partial charge in [-0.05, 0) is 31.9 Å². The highest BCUT2D eigenvalue weighted by Crippen LogP contribution is 2.33. The number of piperidine rings is 1. The number of aromatic nitrogens is 1. The molecule has 4 rings (SSSR count). The maximum Gasteiger partial charge on any atom is 0.251 e. The van der Waals surface area contributed by atoms with Crippen LogP contribution in [0.1, 0.15) is 18.4 Å². The normalized spacial score (nSPS) is 15.8. The minimum atomic E-state index is -3.59. The van der Waals surface area contributed by atoms with Crippen LogP contribution >= 0.6 is 11.3 Å². The molecule has 1 aromatic heterocycles. The summed E-state index contributed by atoms with van der Waals surface area (Å²) in [7, 11) is -0.468. The summed E-state index contributed by atoms with van der Waals surface area (Å²) >= 11 is 1.35. The Morgan fingerprint density at radius 3 is 2.37 bits per heavy atom. The van der Waals surface area contributed by atoms with E-state index in [9.17, 15) is 13.2 Å². The molecule has 1 fully saturated rings. The van der Waals surface area contributed by atoms with Gasteiger partial charge >= 0.3 is 0 Å². The van der Waals surface area contributed by atoms with Crippen molar-refractivity contribution in [2.24, 2.45) is 10.9 Å². The molecule has 1 amide bonds. The largest absolute Gasteiger partial charge is 0.493 e. The number of terminal acetylenes is 1. The van der Waals surface area contributed by atoms with Gasteiger partial charge in [0, 0.05) is 31.1 Å². The number of rotatable bonds is 6. The average molecular weight is 514 g/mol. The number of benzene rings is 2. The Bertz CT molecular complexity index is 1460. The standard InChI is InChI=1S/C25H27N3O5S2/c1-5-12-28-20-15-21(32-3)22(33-4)16-23(20)34-25(28)26-24(29)18-10-13-27(14-11-18)35(30,31)19-8-6-17(2)7-9-19/h1,6-9,15-16,18H,10-14H2,2-4H3. The molecular formula is C25H27N3O5S2. The van der Waals surface area contributed by atoms with E-state index in [1.807, 2.05) is 19.1 Å². The Morgan fingerprint density at radius 2 is 1.77 bits per heavy atom. The molecule has 2 aromatic carbocycles. The van der Waals surface area contributed by atoms with Crippen molar-refractivity contribution in [2.45, 2.75) is 31.2 Å². The fraction of sp³-hybridized carbons (Fsp3) is 0.360. The third-order valence-corrected chi connectivity index (χ3v) is 9.06. The van der Waals surface area contributed by atoms with Gasteiger partial charge in [0.25, 0.3) is 5.91 Å². The Hall–Kier alpha value is -3.13. The van der Waals surface area contributed by atoms with Crippen LogP contribution in [0.3, 0.4) is 0 Å². The molecule has 0 spiro atoms. The maximum absolute atomic E-state index is 13.1. The number of sulfonamides is 1. The third-order valence-electron chi connectivity index (χ3n) is 6.11. The first-order chi connectivity index (χ1) is 16.8. The van der Waals surface area contributed by atoms with Crippen molar-refractivity contribution >= 4 is 37.5 Å². The van der Waals surface area contributed by atoms with Crippen molar-refractivity contribution in [2.75, 3.05) is 27.3 Å². The Kier molecular flexibility index (Phi) is 7.31. The van der Waals surface area contributed by atoms with Gasteiger partial charge in [-0.2, -0.15) is 9.30 Å². The molecule has 184 valence electrons. The van der Waals surface area contributed by atoms with E-state index in [-0.39, 0.29) is 36.4 Å². The highest BCUT2D eigenvalue weighted by molar-refractivity contribution is 7.89. The van der Waals surface area contributed by atoms with Crippen LogP contribution in [-0.2, 0) is 21.4 Å². The second-order valence-corrected chi connectivity index (χ2v) is 11.2. The number of carbonyl (C=O) groups excluding carboxylic acids is 1. The van der Waals surface area contributed by atoms with Gasteiger partial charge in [-0.1, -0.05) is 35.0 Å². The molecule has 0 bridgehead atoms. The van der Waals surface area contributed by atoms with Crippen LogP contribution in [0.5, 0.6) is 11.5 Å². The van der Waals surface area contributed by atoms with Gasteiger partial charge in [0.1, 0.15) is 0 Å². The molecule has 0 unspecified atom stereocenters. The smallest absolute Gasteiger partial charge is 0.251 e. The number of ether oxygens (including phenoxy) is 2. The molecule has 3 aromatic rings. The lowest BCUT2D eigenvalue weighted by Gasteiger charge is -2.29. The molecule has 0 radical (unpaired) electrons. The number of fused-ring (bicyclic) bond motifs is 1. The van der Waals surface area contributed by atoms with E-state index in [2.05, 4.69) is 10.9 Å². The van der Waals surface area contributed by atoms with Crippen molar-refractivity contribution in [1.82, 2.24) is 8.87 Å². The third kappa shape index (κ3) is 4.98.